The molecule has 1 aromatic heterocycles. The van der Waals surface area contributed by atoms with Crippen LogP contribution in [0.4, 0.5) is 0 Å². The molecule has 0 aliphatic rings. The van der Waals surface area contributed by atoms with Gasteiger partial charge in [0, 0.05) is 17.9 Å². The zero-order valence-electron chi connectivity index (χ0n) is 5.10. The van der Waals surface area contributed by atoms with Crippen LogP contribution in [-0.2, 0) is 0 Å². The normalized spacial score (nSPS) is 8.20. The Morgan fingerprint density at radius 3 is 2.00 bits per heavy atom. The van der Waals surface area contributed by atoms with Gasteiger partial charge in [0.25, 0.3) is 0 Å². The smallest absolute Gasteiger partial charge is 0.423 e. The fourth-order valence-corrected chi connectivity index (χ4v) is 0.444. The molecule has 0 unspecified atom stereocenters. The lowest BCUT2D eigenvalue weighted by atomic mass is 9.83. The van der Waals surface area contributed by atoms with E-state index in [0.717, 1.165) is 0 Å². The van der Waals surface area contributed by atoms with Gasteiger partial charge in [0.2, 0.25) is 0 Å². The Morgan fingerprint density at radius 1 is 1.20 bits per heavy atom. The van der Waals surface area contributed by atoms with Crippen molar-refractivity contribution in [2.24, 2.45) is 0 Å². The highest BCUT2D eigenvalue weighted by Gasteiger charge is 2.09. The Hall–Kier alpha value is -0.975. The van der Waals surface area contributed by atoms with Crippen LogP contribution in [0.5, 0.6) is 0 Å². The van der Waals surface area contributed by atoms with Gasteiger partial charge in [-0.3, -0.25) is 0 Å². The van der Waals surface area contributed by atoms with Crippen molar-refractivity contribution in [2.45, 2.75) is 0 Å². The molecule has 1 heterocycles. The molecule has 0 spiro atoms. The van der Waals surface area contributed by atoms with E-state index in [9.17, 15) is 0 Å². The molecule has 0 amide bonds. The quantitative estimate of drug-likeness (QED) is 0.417. The first-order valence-electron chi connectivity index (χ1n) is 2.42. The maximum atomic E-state index is 8.50. The Balaban J connectivity index is 0.000000810. The predicted molar refractivity (Wildman–Crippen MR) is 35.5 cm³/mol. The first-order valence-corrected chi connectivity index (χ1v) is 2.42. The molecule has 0 bridgehead atoms. The summed E-state index contributed by atoms with van der Waals surface area (Å²) < 4.78 is 0. The Morgan fingerprint density at radius 2 is 1.70 bits per heavy atom. The molecule has 0 aliphatic carbocycles. The Labute approximate surface area is 57.8 Å². The van der Waals surface area contributed by atoms with Gasteiger partial charge in [-0.05, 0) is 0 Å². The van der Waals surface area contributed by atoms with Crippen LogP contribution in [0.2, 0.25) is 0 Å². The SMILES string of the molecule is O.OB(O)c1cncnc1. The summed E-state index contributed by atoms with van der Waals surface area (Å²) in [6.45, 7) is 0. The minimum Gasteiger partial charge on any atom is -0.423 e. The maximum absolute atomic E-state index is 8.50. The molecule has 0 aromatic carbocycles. The molecule has 5 nitrogen and oxygen atoms in total. The second-order valence-corrected chi connectivity index (χ2v) is 1.55. The highest BCUT2D eigenvalue weighted by atomic mass is 16.4. The van der Waals surface area contributed by atoms with Gasteiger partial charge in [0.1, 0.15) is 6.33 Å². The van der Waals surface area contributed by atoms with Gasteiger partial charge in [-0.2, -0.15) is 0 Å². The van der Waals surface area contributed by atoms with Crippen LogP contribution in [0, 0.1) is 0 Å². The van der Waals surface area contributed by atoms with Gasteiger partial charge >= 0.3 is 7.12 Å². The maximum Gasteiger partial charge on any atom is 0.491 e. The van der Waals surface area contributed by atoms with E-state index in [1.54, 1.807) is 0 Å². The average molecular weight is 142 g/mol. The number of nitrogens with zero attached hydrogens (tertiary/aromatic N) is 2. The molecule has 1 rings (SSSR count). The number of hydrogen-bond donors (Lipinski definition) is 2. The lowest BCUT2D eigenvalue weighted by Crippen LogP contribution is -2.30. The van der Waals surface area contributed by atoms with Crippen molar-refractivity contribution >= 4 is 12.6 Å². The van der Waals surface area contributed by atoms with E-state index >= 15 is 0 Å². The fourth-order valence-electron chi connectivity index (χ4n) is 0.444. The molecule has 0 aliphatic heterocycles. The minimum absolute atomic E-state index is 0. The van der Waals surface area contributed by atoms with E-state index in [-0.39, 0.29) is 5.48 Å². The van der Waals surface area contributed by atoms with Crippen LogP contribution in [0.1, 0.15) is 0 Å². The summed E-state index contributed by atoms with van der Waals surface area (Å²) in [6, 6.07) is 0. The van der Waals surface area contributed by atoms with Crippen LogP contribution < -0.4 is 5.46 Å². The third-order valence-corrected chi connectivity index (χ3v) is 0.879. The molecule has 54 valence electrons. The average Bonchev–Trinajstić information content (AvgIpc) is 1.90. The zero-order valence-corrected chi connectivity index (χ0v) is 5.10. The number of rotatable bonds is 1. The summed E-state index contributed by atoms with van der Waals surface area (Å²) in [7, 11) is -1.47. The Bertz CT molecular complexity index is 181. The molecule has 0 saturated heterocycles. The van der Waals surface area contributed by atoms with Crippen molar-refractivity contribution in [2.75, 3.05) is 0 Å². The minimum atomic E-state index is -1.47. The van der Waals surface area contributed by atoms with E-state index in [2.05, 4.69) is 9.97 Å². The summed E-state index contributed by atoms with van der Waals surface area (Å²) in [6.07, 6.45) is 4.02. The lowest BCUT2D eigenvalue weighted by Gasteiger charge is -1.92. The van der Waals surface area contributed by atoms with Gasteiger partial charge in [-0.1, -0.05) is 0 Å². The highest BCUT2D eigenvalue weighted by Crippen LogP contribution is 1.72. The molecular weight excluding hydrogens is 135 g/mol. The van der Waals surface area contributed by atoms with E-state index in [1.807, 2.05) is 0 Å². The molecule has 1 aromatic rings. The number of aromatic nitrogens is 2. The van der Waals surface area contributed by atoms with Gasteiger partial charge in [-0.15, -0.1) is 0 Å². The summed E-state index contributed by atoms with van der Waals surface area (Å²) in [4.78, 5) is 7.15. The van der Waals surface area contributed by atoms with Crippen LogP contribution in [0.3, 0.4) is 0 Å². The van der Waals surface area contributed by atoms with Crippen molar-refractivity contribution in [3.63, 3.8) is 0 Å². The molecular formula is C4H7BN2O3. The van der Waals surface area contributed by atoms with Crippen LogP contribution in [0.15, 0.2) is 18.7 Å². The van der Waals surface area contributed by atoms with E-state index in [0.29, 0.717) is 5.46 Å². The van der Waals surface area contributed by atoms with Crippen molar-refractivity contribution in [3.05, 3.63) is 18.7 Å². The molecule has 0 radical (unpaired) electrons. The van der Waals surface area contributed by atoms with Crippen molar-refractivity contribution in [1.29, 1.82) is 0 Å². The van der Waals surface area contributed by atoms with Gasteiger partial charge in [0.15, 0.2) is 0 Å². The summed E-state index contributed by atoms with van der Waals surface area (Å²) >= 11 is 0. The van der Waals surface area contributed by atoms with E-state index < -0.39 is 7.12 Å². The van der Waals surface area contributed by atoms with Gasteiger partial charge in [0.05, 0.1) is 0 Å². The van der Waals surface area contributed by atoms with E-state index in [4.69, 9.17) is 10.0 Å². The molecule has 4 N–H and O–H groups in total. The highest BCUT2D eigenvalue weighted by molar-refractivity contribution is 6.58. The summed E-state index contributed by atoms with van der Waals surface area (Å²) in [5.74, 6) is 0. The van der Waals surface area contributed by atoms with Crippen molar-refractivity contribution < 1.29 is 15.5 Å². The summed E-state index contributed by atoms with van der Waals surface area (Å²) in [5, 5.41) is 17.0. The molecule has 0 fully saturated rings. The first-order chi connectivity index (χ1) is 4.30. The van der Waals surface area contributed by atoms with Gasteiger partial charge < -0.3 is 15.5 Å². The first kappa shape index (κ1) is 9.02. The summed E-state index contributed by atoms with van der Waals surface area (Å²) in [5.41, 5.74) is 0.303. The second-order valence-electron chi connectivity index (χ2n) is 1.55. The molecule has 10 heavy (non-hydrogen) atoms. The monoisotopic (exact) mass is 142 g/mol. The van der Waals surface area contributed by atoms with Crippen molar-refractivity contribution in [3.8, 4) is 0 Å². The fraction of sp³-hybridized carbons (Fsp3) is 0. The van der Waals surface area contributed by atoms with Crippen LogP contribution in [-0.4, -0.2) is 32.6 Å². The Kier molecular flexibility index (Phi) is 3.56. The standard InChI is InChI=1S/C4H5BN2O2.H2O/c8-5(9)4-1-6-3-7-2-4;/h1-3,8-9H;1H2. The van der Waals surface area contributed by atoms with Crippen LogP contribution >= 0.6 is 0 Å². The zero-order chi connectivity index (χ0) is 6.69. The third kappa shape index (κ3) is 2.10. The number of hydrogen-bond acceptors (Lipinski definition) is 4. The largest absolute Gasteiger partial charge is 0.491 e. The lowest BCUT2D eigenvalue weighted by molar-refractivity contribution is 0.425. The second kappa shape index (κ2) is 3.94. The van der Waals surface area contributed by atoms with Gasteiger partial charge in [-0.25, -0.2) is 9.97 Å². The third-order valence-electron chi connectivity index (χ3n) is 0.879. The molecule has 0 saturated carbocycles. The molecule has 0 atom stereocenters. The van der Waals surface area contributed by atoms with Crippen molar-refractivity contribution in [1.82, 2.24) is 9.97 Å². The van der Waals surface area contributed by atoms with Crippen LogP contribution in [0.25, 0.3) is 0 Å². The predicted octanol–water partition coefficient (Wildman–Crippen LogP) is -2.67. The topological polar surface area (TPSA) is 97.7 Å². The van der Waals surface area contributed by atoms with E-state index in [1.165, 1.54) is 18.7 Å². The molecule has 6 heteroatoms.